The predicted octanol–water partition coefficient (Wildman–Crippen LogP) is 5.06. The summed E-state index contributed by atoms with van der Waals surface area (Å²) in [7, 11) is -3.68. The van der Waals surface area contributed by atoms with E-state index >= 15 is 0 Å². The lowest BCUT2D eigenvalue weighted by molar-refractivity contribution is 0.408. The van der Waals surface area contributed by atoms with Crippen LogP contribution in [0.25, 0.3) is 10.9 Å². The zero-order valence-corrected chi connectivity index (χ0v) is 19.7. The molecule has 0 amide bonds. The number of hydrogen-bond acceptors (Lipinski definition) is 5. The van der Waals surface area contributed by atoms with Crippen LogP contribution in [0.2, 0.25) is 10.0 Å². The number of nitrogens with zero attached hydrogens (tertiary/aromatic N) is 3. The largest absolute Gasteiger partial charge is 0.424 e. The van der Waals surface area contributed by atoms with Gasteiger partial charge in [0.1, 0.15) is 5.75 Å². The smallest absolute Gasteiger partial charge is 0.322 e. The van der Waals surface area contributed by atoms with Crippen LogP contribution in [0.4, 0.5) is 0 Å². The number of rotatable bonds is 8. The van der Waals surface area contributed by atoms with E-state index in [4.69, 9.17) is 27.9 Å². The summed E-state index contributed by atoms with van der Waals surface area (Å²) >= 11 is 11.9. The Morgan fingerprint density at radius 3 is 2.69 bits per heavy atom. The van der Waals surface area contributed by atoms with Gasteiger partial charge in [0, 0.05) is 24.3 Å². The summed E-state index contributed by atoms with van der Waals surface area (Å²) < 4.78 is 35.7. The van der Waals surface area contributed by atoms with E-state index in [0.717, 1.165) is 10.9 Å². The van der Waals surface area contributed by atoms with Gasteiger partial charge in [0.05, 0.1) is 21.8 Å². The first-order valence-electron chi connectivity index (χ1n) is 9.88. The summed E-state index contributed by atoms with van der Waals surface area (Å²) in [6.07, 6.45) is 1.85. The number of aromatic nitrogens is 4. The first-order valence-corrected chi connectivity index (χ1v) is 12.3. The number of hydrogen-bond donors (Lipinski definition) is 2. The number of benzene rings is 2. The molecule has 1 atom stereocenters. The molecule has 0 bridgehead atoms. The molecule has 2 aromatic carbocycles. The van der Waals surface area contributed by atoms with Gasteiger partial charge in [-0.15, -0.1) is 5.10 Å². The molecule has 0 aliphatic heterocycles. The summed E-state index contributed by atoms with van der Waals surface area (Å²) in [6, 6.07) is 12.0. The number of sulfonamides is 1. The number of aromatic amines is 1. The van der Waals surface area contributed by atoms with E-state index in [1.165, 1.54) is 6.07 Å². The standard InChI is InChI=1S/C21H21Cl2N5O3S/c1-3-28-20(13(2)27-32(29,30)12-14-4-7-17(22)18(23)10-14)25-26-21(28)31-16-6-5-15-8-9-24-19(15)11-16/h4-11,13,24,27H,3,12H2,1-2H3/t13-/m1/s1. The zero-order chi connectivity index (χ0) is 22.9. The molecule has 0 fully saturated rings. The van der Waals surface area contributed by atoms with Gasteiger partial charge in [-0.3, -0.25) is 4.57 Å². The summed E-state index contributed by atoms with van der Waals surface area (Å²) in [5.74, 6) is 0.802. The molecule has 0 aliphatic rings. The Bertz CT molecular complexity index is 1370. The van der Waals surface area contributed by atoms with E-state index in [1.807, 2.05) is 37.4 Å². The van der Waals surface area contributed by atoms with Gasteiger partial charge >= 0.3 is 6.01 Å². The summed E-state index contributed by atoms with van der Waals surface area (Å²) in [5.41, 5.74) is 1.47. The minimum atomic E-state index is -3.68. The Labute approximate surface area is 195 Å². The number of H-pyrrole nitrogens is 1. The highest BCUT2D eigenvalue weighted by Crippen LogP contribution is 2.27. The van der Waals surface area contributed by atoms with Crippen molar-refractivity contribution < 1.29 is 13.2 Å². The van der Waals surface area contributed by atoms with Crippen LogP contribution >= 0.6 is 23.2 Å². The monoisotopic (exact) mass is 493 g/mol. The molecule has 2 aromatic heterocycles. The van der Waals surface area contributed by atoms with E-state index in [0.29, 0.717) is 33.7 Å². The quantitative estimate of drug-likeness (QED) is 0.357. The topological polar surface area (TPSA) is 102 Å². The molecule has 2 heterocycles. The van der Waals surface area contributed by atoms with Crippen LogP contribution in [0.15, 0.2) is 48.7 Å². The van der Waals surface area contributed by atoms with Gasteiger partial charge in [0.15, 0.2) is 5.82 Å². The SMILES string of the molecule is CCn1c(Oc2ccc3cc[nH]c3c2)nnc1[C@@H](C)NS(=O)(=O)Cc1ccc(Cl)c(Cl)c1. The minimum absolute atomic E-state index is 0.242. The van der Waals surface area contributed by atoms with Crippen LogP contribution in [0.5, 0.6) is 11.8 Å². The maximum atomic E-state index is 12.7. The van der Waals surface area contributed by atoms with Crippen LogP contribution in [0.3, 0.4) is 0 Å². The van der Waals surface area contributed by atoms with Crippen molar-refractivity contribution in [1.82, 2.24) is 24.5 Å². The van der Waals surface area contributed by atoms with Crippen molar-refractivity contribution in [3.05, 3.63) is 70.1 Å². The van der Waals surface area contributed by atoms with Gasteiger partial charge in [-0.1, -0.05) is 34.4 Å². The summed E-state index contributed by atoms with van der Waals surface area (Å²) in [4.78, 5) is 3.13. The molecule has 8 nitrogen and oxygen atoms in total. The molecule has 4 aromatic rings. The van der Waals surface area contributed by atoms with Gasteiger partial charge in [-0.2, -0.15) is 0 Å². The molecule has 32 heavy (non-hydrogen) atoms. The van der Waals surface area contributed by atoms with Crippen LogP contribution < -0.4 is 9.46 Å². The van der Waals surface area contributed by atoms with Crippen LogP contribution in [-0.4, -0.2) is 28.2 Å². The third-order valence-corrected chi connectivity index (χ3v) is 7.05. The highest BCUT2D eigenvalue weighted by Gasteiger charge is 2.23. The second kappa shape index (κ2) is 9.11. The number of halogens is 2. The van der Waals surface area contributed by atoms with E-state index in [1.54, 1.807) is 23.6 Å². The Hall–Kier alpha value is -2.59. The van der Waals surface area contributed by atoms with Crippen LogP contribution in [-0.2, 0) is 22.3 Å². The highest BCUT2D eigenvalue weighted by molar-refractivity contribution is 7.88. The minimum Gasteiger partial charge on any atom is -0.424 e. The van der Waals surface area contributed by atoms with Crippen LogP contribution in [0, 0.1) is 0 Å². The molecule has 4 rings (SSSR count). The fourth-order valence-corrected chi connectivity index (χ4v) is 5.07. The number of nitrogens with one attached hydrogen (secondary N) is 2. The Morgan fingerprint density at radius 2 is 1.94 bits per heavy atom. The molecule has 0 spiro atoms. The average molecular weight is 494 g/mol. The lowest BCUT2D eigenvalue weighted by Gasteiger charge is -2.15. The maximum Gasteiger partial charge on any atom is 0.322 e. The second-order valence-electron chi connectivity index (χ2n) is 7.26. The molecule has 2 N–H and O–H groups in total. The molecule has 0 aliphatic carbocycles. The molecule has 0 unspecified atom stereocenters. The lowest BCUT2D eigenvalue weighted by atomic mass is 10.2. The first kappa shape index (κ1) is 22.6. The molecular formula is C21H21Cl2N5O3S. The van der Waals surface area contributed by atoms with E-state index < -0.39 is 16.1 Å². The average Bonchev–Trinajstić information content (AvgIpc) is 3.36. The van der Waals surface area contributed by atoms with Gasteiger partial charge < -0.3 is 9.72 Å². The Kier molecular flexibility index (Phi) is 6.43. The second-order valence-corrected chi connectivity index (χ2v) is 9.83. The number of ether oxygens (including phenoxy) is 1. The molecule has 0 radical (unpaired) electrons. The van der Waals surface area contributed by atoms with Crippen molar-refractivity contribution in [1.29, 1.82) is 0 Å². The van der Waals surface area contributed by atoms with Crippen LogP contribution in [0.1, 0.15) is 31.3 Å². The van der Waals surface area contributed by atoms with Gasteiger partial charge in [-0.25, -0.2) is 13.1 Å². The molecule has 0 saturated heterocycles. The maximum absolute atomic E-state index is 12.7. The zero-order valence-electron chi connectivity index (χ0n) is 17.3. The van der Waals surface area contributed by atoms with Crippen molar-refractivity contribution in [2.45, 2.75) is 32.2 Å². The van der Waals surface area contributed by atoms with Crippen molar-refractivity contribution in [2.75, 3.05) is 0 Å². The van der Waals surface area contributed by atoms with Gasteiger partial charge in [0.2, 0.25) is 10.0 Å². The Balaban J connectivity index is 1.51. The lowest BCUT2D eigenvalue weighted by Crippen LogP contribution is -2.30. The predicted molar refractivity (Wildman–Crippen MR) is 125 cm³/mol. The van der Waals surface area contributed by atoms with Crippen molar-refractivity contribution in [3.63, 3.8) is 0 Å². The van der Waals surface area contributed by atoms with Crippen molar-refractivity contribution in [2.24, 2.45) is 0 Å². The molecule has 0 saturated carbocycles. The summed E-state index contributed by atoms with van der Waals surface area (Å²) in [5, 5.41) is 10.0. The third kappa shape index (κ3) is 4.91. The molecule has 11 heteroatoms. The Morgan fingerprint density at radius 1 is 1.12 bits per heavy atom. The molecule has 168 valence electrons. The fraction of sp³-hybridized carbons (Fsp3) is 0.238. The van der Waals surface area contributed by atoms with E-state index in [9.17, 15) is 8.42 Å². The van der Waals surface area contributed by atoms with E-state index in [-0.39, 0.29) is 11.8 Å². The third-order valence-electron chi connectivity index (χ3n) is 4.88. The van der Waals surface area contributed by atoms with Crippen molar-refractivity contribution >= 4 is 44.1 Å². The fourth-order valence-electron chi connectivity index (χ4n) is 3.40. The first-order chi connectivity index (χ1) is 15.3. The van der Waals surface area contributed by atoms with Gasteiger partial charge in [-0.05, 0) is 55.1 Å². The highest BCUT2D eigenvalue weighted by atomic mass is 35.5. The normalized spacial score (nSPS) is 12.9. The number of fused-ring (bicyclic) bond motifs is 1. The molecular weight excluding hydrogens is 473 g/mol. The van der Waals surface area contributed by atoms with Crippen molar-refractivity contribution in [3.8, 4) is 11.8 Å². The van der Waals surface area contributed by atoms with E-state index in [2.05, 4.69) is 19.9 Å². The van der Waals surface area contributed by atoms with Gasteiger partial charge in [0.25, 0.3) is 0 Å². The summed E-state index contributed by atoms with van der Waals surface area (Å²) in [6.45, 7) is 4.11.